The summed E-state index contributed by atoms with van der Waals surface area (Å²) in [5.41, 5.74) is 8.87. The molecule has 8 nitrogen and oxygen atoms in total. The van der Waals surface area contributed by atoms with E-state index in [1.54, 1.807) is 29.0 Å². The fraction of sp³-hybridized carbons (Fsp3) is 0.222. The van der Waals surface area contributed by atoms with E-state index in [2.05, 4.69) is 22.0 Å². The van der Waals surface area contributed by atoms with Crippen LogP contribution in [0.3, 0.4) is 0 Å². The predicted molar refractivity (Wildman–Crippen MR) is 102 cm³/mol. The van der Waals surface area contributed by atoms with Crippen molar-refractivity contribution in [3.05, 3.63) is 53.9 Å². The molecule has 0 saturated carbocycles. The molecule has 1 aromatic carbocycles. The van der Waals surface area contributed by atoms with E-state index in [9.17, 15) is 4.79 Å². The van der Waals surface area contributed by atoms with Crippen LogP contribution in [0.2, 0.25) is 0 Å². The number of hydrogen-bond donors (Lipinski definition) is 3. The number of hydrogen-bond acceptors (Lipinski definition) is 4. The number of aromatic nitrogens is 4. The second-order valence-corrected chi connectivity index (χ2v) is 5.89. The van der Waals surface area contributed by atoms with Gasteiger partial charge in [-0.25, -0.2) is 4.98 Å². The number of benzene rings is 1. The Morgan fingerprint density at radius 3 is 2.85 bits per heavy atom. The first kappa shape index (κ1) is 17.4. The Balaban J connectivity index is 2.02. The van der Waals surface area contributed by atoms with Crippen LogP contribution >= 0.6 is 0 Å². The number of fused-ring (bicyclic) bond motifs is 1. The standard InChI is InChI=1S/C18H21N7O/c1-4-8-24-14-7-6-12(16(19)20)10-13(14)21-18(24)22-17(26)15-9-11(3)23-25(15)5-2/h4,6-7,9-10H,1,5,8H2,2-3H3,(H3,19,20)(H,21,22,26). The average molecular weight is 351 g/mol. The molecule has 0 unspecified atom stereocenters. The SMILES string of the molecule is C=CCn1c(NC(=O)c2cc(C)nn2CC)nc2cc(C(=N)N)ccc21. The molecular weight excluding hydrogens is 330 g/mol. The molecule has 0 fully saturated rings. The fourth-order valence-electron chi connectivity index (χ4n) is 2.84. The Morgan fingerprint density at radius 2 is 2.19 bits per heavy atom. The number of allylic oxidation sites excluding steroid dienone is 1. The summed E-state index contributed by atoms with van der Waals surface area (Å²) in [5.74, 6) is 0.102. The van der Waals surface area contributed by atoms with Crippen molar-refractivity contribution in [2.45, 2.75) is 26.9 Å². The van der Waals surface area contributed by atoms with Gasteiger partial charge >= 0.3 is 0 Å². The van der Waals surface area contributed by atoms with Crippen molar-refractivity contribution in [1.29, 1.82) is 5.41 Å². The highest BCUT2D eigenvalue weighted by Gasteiger charge is 2.18. The molecule has 4 N–H and O–H groups in total. The van der Waals surface area contributed by atoms with Crippen LogP contribution in [-0.4, -0.2) is 31.1 Å². The van der Waals surface area contributed by atoms with Gasteiger partial charge in [0, 0.05) is 18.7 Å². The molecule has 2 heterocycles. The number of carbonyl (C=O) groups excluding carboxylic acids is 1. The molecular formula is C18H21N7O. The second-order valence-electron chi connectivity index (χ2n) is 5.89. The Labute approximate surface area is 150 Å². The maximum Gasteiger partial charge on any atom is 0.276 e. The van der Waals surface area contributed by atoms with E-state index in [1.165, 1.54) is 0 Å². The Kier molecular flexibility index (Phi) is 4.57. The van der Waals surface area contributed by atoms with Gasteiger partial charge in [0.15, 0.2) is 0 Å². The van der Waals surface area contributed by atoms with Gasteiger partial charge < -0.3 is 10.3 Å². The van der Waals surface area contributed by atoms with Crippen molar-refractivity contribution < 1.29 is 4.79 Å². The lowest BCUT2D eigenvalue weighted by Gasteiger charge is -2.08. The van der Waals surface area contributed by atoms with Crippen molar-refractivity contribution >= 4 is 28.7 Å². The Hall–Kier alpha value is -3.42. The van der Waals surface area contributed by atoms with E-state index in [1.807, 2.05) is 24.5 Å². The second kappa shape index (κ2) is 6.83. The minimum absolute atomic E-state index is 0.0296. The quantitative estimate of drug-likeness (QED) is 0.359. The molecule has 26 heavy (non-hydrogen) atoms. The molecule has 0 bridgehead atoms. The first-order valence-corrected chi connectivity index (χ1v) is 8.26. The predicted octanol–water partition coefficient (Wildman–Crippen LogP) is 2.28. The number of anilines is 1. The van der Waals surface area contributed by atoms with Gasteiger partial charge in [-0.2, -0.15) is 5.10 Å². The number of rotatable bonds is 6. The molecule has 2 aromatic heterocycles. The molecule has 0 radical (unpaired) electrons. The van der Waals surface area contributed by atoms with E-state index in [0.717, 1.165) is 11.2 Å². The van der Waals surface area contributed by atoms with Crippen LogP contribution in [0, 0.1) is 12.3 Å². The van der Waals surface area contributed by atoms with Crippen LogP contribution in [0.25, 0.3) is 11.0 Å². The van der Waals surface area contributed by atoms with Gasteiger partial charge in [0.1, 0.15) is 11.5 Å². The van der Waals surface area contributed by atoms with Crippen LogP contribution in [0.4, 0.5) is 5.95 Å². The van der Waals surface area contributed by atoms with Crippen molar-refractivity contribution in [2.24, 2.45) is 5.73 Å². The number of carbonyl (C=O) groups is 1. The molecule has 8 heteroatoms. The molecule has 0 aliphatic heterocycles. The van der Waals surface area contributed by atoms with Crippen molar-refractivity contribution in [3.63, 3.8) is 0 Å². The highest BCUT2D eigenvalue weighted by Crippen LogP contribution is 2.22. The van der Waals surface area contributed by atoms with Crippen LogP contribution < -0.4 is 11.1 Å². The normalized spacial score (nSPS) is 10.8. The number of amides is 1. The van der Waals surface area contributed by atoms with Crippen molar-refractivity contribution in [3.8, 4) is 0 Å². The number of nitrogens with zero attached hydrogens (tertiary/aromatic N) is 4. The molecule has 3 rings (SSSR count). The van der Waals surface area contributed by atoms with Gasteiger partial charge in [-0.15, -0.1) is 6.58 Å². The highest BCUT2D eigenvalue weighted by atomic mass is 16.2. The van der Waals surface area contributed by atoms with Crippen LogP contribution in [-0.2, 0) is 13.1 Å². The summed E-state index contributed by atoms with van der Waals surface area (Å²) in [7, 11) is 0. The molecule has 0 aliphatic rings. The average Bonchev–Trinajstić information content (AvgIpc) is 3.15. The maximum atomic E-state index is 12.7. The lowest BCUT2D eigenvalue weighted by molar-refractivity contribution is 0.101. The van der Waals surface area contributed by atoms with E-state index in [-0.39, 0.29) is 11.7 Å². The third kappa shape index (κ3) is 3.08. The Bertz CT molecular complexity index is 1010. The monoisotopic (exact) mass is 351 g/mol. The summed E-state index contributed by atoms with van der Waals surface area (Å²) in [4.78, 5) is 17.2. The van der Waals surface area contributed by atoms with Gasteiger partial charge in [0.2, 0.25) is 5.95 Å². The van der Waals surface area contributed by atoms with Gasteiger partial charge in [-0.3, -0.25) is 20.2 Å². The highest BCUT2D eigenvalue weighted by molar-refractivity contribution is 6.03. The minimum atomic E-state index is -0.278. The van der Waals surface area contributed by atoms with Crippen LogP contribution in [0.5, 0.6) is 0 Å². The number of aryl methyl sites for hydroxylation is 2. The number of nitrogens with two attached hydrogens (primary N) is 1. The lowest BCUT2D eigenvalue weighted by Crippen LogP contribution is -2.19. The lowest BCUT2D eigenvalue weighted by atomic mass is 10.2. The zero-order valence-electron chi connectivity index (χ0n) is 14.8. The largest absolute Gasteiger partial charge is 0.384 e. The zero-order chi connectivity index (χ0) is 18.8. The summed E-state index contributed by atoms with van der Waals surface area (Å²) >= 11 is 0. The summed E-state index contributed by atoms with van der Waals surface area (Å²) < 4.78 is 3.50. The molecule has 0 spiro atoms. The molecule has 1 amide bonds. The topological polar surface area (TPSA) is 115 Å². The van der Waals surface area contributed by atoms with E-state index in [4.69, 9.17) is 11.1 Å². The van der Waals surface area contributed by atoms with Gasteiger partial charge in [0.25, 0.3) is 5.91 Å². The minimum Gasteiger partial charge on any atom is -0.384 e. The number of amidine groups is 1. The molecule has 0 atom stereocenters. The van der Waals surface area contributed by atoms with Gasteiger partial charge in [-0.1, -0.05) is 6.08 Å². The number of nitrogen functional groups attached to an aromatic ring is 1. The van der Waals surface area contributed by atoms with E-state index < -0.39 is 0 Å². The van der Waals surface area contributed by atoms with E-state index >= 15 is 0 Å². The van der Waals surface area contributed by atoms with E-state index in [0.29, 0.717) is 35.8 Å². The summed E-state index contributed by atoms with van der Waals surface area (Å²) in [6, 6.07) is 7.06. The third-order valence-corrected chi connectivity index (χ3v) is 4.03. The maximum absolute atomic E-state index is 12.7. The zero-order valence-corrected chi connectivity index (χ0v) is 14.8. The van der Waals surface area contributed by atoms with Gasteiger partial charge in [-0.05, 0) is 38.1 Å². The van der Waals surface area contributed by atoms with Crippen LogP contribution in [0.1, 0.15) is 28.7 Å². The third-order valence-electron chi connectivity index (χ3n) is 4.03. The van der Waals surface area contributed by atoms with Crippen LogP contribution in [0.15, 0.2) is 36.9 Å². The fourth-order valence-corrected chi connectivity index (χ4v) is 2.84. The molecule has 0 aliphatic carbocycles. The van der Waals surface area contributed by atoms with Gasteiger partial charge in [0.05, 0.1) is 16.7 Å². The molecule has 134 valence electrons. The van der Waals surface area contributed by atoms with Crippen molar-refractivity contribution in [1.82, 2.24) is 19.3 Å². The first-order valence-electron chi connectivity index (χ1n) is 8.26. The number of imidazole rings is 1. The summed E-state index contributed by atoms with van der Waals surface area (Å²) in [5, 5.41) is 14.7. The summed E-state index contributed by atoms with van der Waals surface area (Å²) in [6.07, 6.45) is 1.73. The number of nitrogens with one attached hydrogen (secondary N) is 2. The molecule has 0 saturated heterocycles. The summed E-state index contributed by atoms with van der Waals surface area (Å²) in [6.45, 7) is 8.63. The van der Waals surface area contributed by atoms with Crippen molar-refractivity contribution in [2.75, 3.05) is 5.32 Å². The molecule has 3 aromatic rings. The smallest absolute Gasteiger partial charge is 0.276 e. The first-order chi connectivity index (χ1) is 12.4. The Morgan fingerprint density at radius 1 is 1.42 bits per heavy atom.